The molecule has 0 N–H and O–H groups in total. The van der Waals surface area contributed by atoms with E-state index in [-0.39, 0.29) is 18.1 Å². The van der Waals surface area contributed by atoms with Gasteiger partial charge in [0.25, 0.3) is 5.82 Å². The molecule has 0 radical (unpaired) electrons. The summed E-state index contributed by atoms with van der Waals surface area (Å²) in [6.45, 7) is -0.240. The van der Waals surface area contributed by atoms with E-state index in [2.05, 4.69) is 4.98 Å². The minimum absolute atomic E-state index is 0.133. The van der Waals surface area contributed by atoms with Crippen LogP contribution >= 0.6 is 0 Å². The second-order valence-electron chi connectivity index (χ2n) is 3.58. The maximum Gasteiger partial charge on any atom is 0.409 e. The molecule has 0 aliphatic heterocycles. The van der Waals surface area contributed by atoms with Crippen molar-refractivity contribution in [3.05, 3.63) is 21.6 Å². The van der Waals surface area contributed by atoms with Crippen LogP contribution in [0.1, 0.15) is 11.5 Å². The zero-order valence-electron chi connectivity index (χ0n) is 10.1. The van der Waals surface area contributed by atoms with Crippen LogP contribution < -0.4 is 0 Å². The number of imidazole rings is 1. The molecule has 9 heteroatoms. The number of hydrogen-bond acceptors (Lipinski definition) is 6. The lowest BCUT2D eigenvalue weighted by Crippen LogP contribution is -2.23. The lowest BCUT2D eigenvalue weighted by atomic mass is 10.5. The number of carbonyl (C=O) groups excluding carboxylic acids is 1. The van der Waals surface area contributed by atoms with E-state index in [0.717, 1.165) is 0 Å². The highest BCUT2D eigenvalue weighted by Crippen LogP contribution is 2.17. The summed E-state index contributed by atoms with van der Waals surface area (Å²) in [5.41, 5.74) is -0.184. The molecule has 0 aromatic carbocycles. The number of aromatic nitrogens is 2. The number of ether oxygens (including phenoxy) is 1. The maximum atomic E-state index is 11.2. The summed E-state index contributed by atoms with van der Waals surface area (Å²) in [5.74, 6) is -0.413. The Labute approximate surface area is 102 Å². The lowest BCUT2D eigenvalue weighted by molar-refractivity contribution is -0.389. The summed E-state index contributed by atoms with van der Waals surface area (Å²) in [5, 5.41) is 19.5. The molecule has 0 fully saturated rings. The van der Waals surface area contributed by atoms with E-state index in [9.17, 15) is 14.9 Å². The number of rotatable bonds is 3. The normalized spacial score (nSPS) is 9.67. The largest absolute Gasteiger partial charge is 0.439 e. The van der Waals surface area contributed by atoms with Crippen molar-refractivity contribution in [2.24, 2.45) is 7.05 Å². The number of carbonyl (C=O) groups is 1. The Balaban J connectivity index is 2.95. The smallest absolute Gasteiger partial charge is 0.409 e. The van der Waals surface area contributed by atoms with Crippen LogP contribution in [0.25, 0.3) is 0 Å². The summed E-state index contributed by atoms with van der Waals surface area (Å²) in [6.07, 6.45) is -0.598. The van der Waals surface area contributed by atoms with E-state index in [4.69, 9.17) is 10.00 Å². The first kappa shape index (κ1) is 13.4. The highest BCUT2D eigenvalue weighted by Gasteiger charge is 2.26. The van der Waals surface area contributed by atoms with Gasteiger partial charge < -0.3 is 19.8 Å². The predicted octanol–water partition coefficient (Wildman–Crippen LogP) is 0.398. The van der Waals surface area contributed by atoms with Crippen molar-refractivity contribution in [2.75, 3.05) is 14.1 Å². The van der Waals surface area contributed by atoms with E-state index in [1.165, 1.54) is 30.6 Å². The Kier molecular flexibility index (Phi) is 3.83. The molecule has 0 saturated carbocycles. The van der Waals surface area contributed by atoms with Crippen molar-refractivity contribution < 1.29 is 14.5 Å². The first-order chi connectivity index (χ1) is 8.38. The Morgan fingerprint density at radius 1 is 1.67 bits per heavy atom. The number of amides is 1. The molecule has 1 rings (SSSR count). The highest BCUT2D eigenvalue weighted by molar-refractivity contribution is 5.66. The molecular weight excluding hydrogens is 242 g/mol. The molecule has 1 aromatic rings. The van der Waals surface area contributed by atoms with E-state index >= 15 is 0 Å². The van der Waals surface area contributed by atoms with Gasteiger partial charge in [-0.15, -0.1) is 0 Å². The number of nitriles is 1. The summed E-state index contributed by atoms with van der Waals surface area (Å²) in [4.78, 5) is 26.0. The lowest BCUT2D eigenvalue weighted by Gasteiger charge is -2.09. The van der Waals surface area contributed by atoms with Crippen LogP contribution in [-0.2, 0) is 18.4 Å². The zero-order valence-corrected chi connectivity index (χ0v) is 10.1. The third-order valence-corrected chi connectivity index (χ3v) is 2.14. The van der Waals surface area contributed by atoms with Crippen molar-refractivity contribution in [1.29, 1.82) is 5.26 Å². The third kappa shape index (κ3) is 2.54. The van der Waals surface area contributed by atoms with E-state index in [0.29, 0.717) is 0 Å². The number of nitrogens with zero attached hydrogens (tertiary/aromatic N) is 5. The van der Waals surface area contributed by atoms with Gasteiger partial charge in [-0.2, -0.15) is 5.26 Å². The monoisotopic (exact) mass is 253 g/mol. The molecule has 96 valence electrons. The van der Waals surface area contributed by atoms with Gasteiger partial charge in [0.2, 0.25) is 5.69 Å². The van der Waals surface area contributed by atoms with Crippen LogP contribution in [-0.4, -0.2) is 39.6 Å². The van der Waals surface area contributed by atoms with Crippen molar-refractivity contribution in [3.8, 4) is 6.07 Å². The van der Waals surface area contributed by atoms with Crippen molar-refractivity contribution >= 4 is 11.9 Å². The fraction of sp³-hybridized carbons (Fsp3) is 0.444. The molecule has 0 bridgehead atoms. The first-order valence-corrected chi connectivity index (χ1v) is 4.82. The average molecular weight is 253 g/mol. The second kappa shape index (κ2) is 5.13. The summed E-state index contributed by atoms with van der Waals surface area (Å²) in [6, 6.07) is 1.68. The van der Waals surface area contributed by atoms with E-state index < -0.39 is 16.8 Å². The zero-order chi connectivity index (χ0) is 13.9. The minimum atomic E-state index is -0.754. The van der Waals surface area contributed by atoms with Gasteiger partial charge in [-0.1, -0.05) is 0 Å². The van der Waals surface area contributed by atoms with Gasteiger partial charge in [-0.25, -0.2) is 4.79 Å². The molecule has 18 heavy (non-hydrogen) atoms. The van der Waals surface area contributed by atoms with Crippen molar-refractivity contribution in [2.45, 2.75) is 6.61 Å². The molecule has 0 aliphatic rings. The second-order valence-corrected chi connectivity index (χ2v) is 3.58. The van der Waals surface area contributed by atoms with Gasteiger partial charge in [-0.3, -0.25) is 4.57 Å². The first-order valence-electron chi connectivity index (χ1n) is 4.82. The van der Waals surface area contributed by atoms with Crippen LogP contribution in [0.2, 0.25) is 0 Å². The van der Waals surface area contributed by atoms with Crippen LogP contribution in [0.5, 0.6) is 0 Å². The highest BCUT2D eigenvalue weighted by atomic mass is 16.6. The Morgan fingerprint density at radius 3 is 2.67 bits per heavy atom. The van der Waals surface area contributed by atoms with Gasteiger partial charge in [0.15, 0.2) is 6.61 Å². The van der Waals surface area contributed by atoms with Crippen LogP contribution in [0, 0.1) is 21.4 Å². The van der Waals surface area contributed by atoms with E-state index in [1.54, 1.807) is 6.07 Å². The topological polar surface area (TPSA) is 114 Å². The van der Waals surface area contributed by atoms with Gasteiger partial charge in [0, 0.05) is 21.1 Å². The van der Waals surface area contributed by atoms with Gasteiger partial charge >= 0.3 is 11.9 Å². The molecule has 1 heterocycles. The van der Waals surface area contributed by atoms with Crippen molar-refractivity contribution in [3.63, 3.8) is 0 Å². The van der Waals surface area contributed by atoms with E-state index in [1.807, 2.05) is 0 Å². The quantitative estimate of drug-likeness (QED) is 0.568. The van der Waals surface area contributed by atoms with Gasteiger partial charge in [0.05, 0.1) is 0 Å². The minimum Gasteiger partial charge on any atom is -0.439 e. The summed E-state index contributed by atoms with van der Waals surface area (Å²) < 4.78 is 6.06. The molecule has 1 amide bonds. The number of nitro groups is 1. The van der Waals surface area contributed by atoms with Crippen molar-refractivity contribution in [1.82, 2.24) is 14.5 Å². The average Bonchev–Trinajstić information content (AvgIpc) is 2.62. The van der Waals surface area contributed by atoms with Crippen LogP contribution in [0.3, 0.4) is 0 Å². The van der Waals surface area contributed by atoms with Crippen LogP contribution in [0.15, 0.2) is 0 Å². The predicted molar refractivity (Wildman–Crippen MR) is 58.4 cm³/mol. The summed E-state index contributed by atoms with van der Waals surface area (Å²) in [7, 11) is 4.45. The Hall–Kier alpha value is -2.63. The molecule has 9 nitrogen and oxygen atoms in total. The molecule has 1 aromatic heterocycles. The Morgan fingerprint density at radius 2 is 2.28 bits per heavy atom. The molecule has 0 saturated heterocycles. The molecule has 0 spiro atoms. The molecule has 0 aliphatic carbocycles. The molecular formula is C9H11N5O4. The maximum absolute atomic E-state index is 11.2. The Bertz CT molecular complexity index is 528. The summed E-state index contributed by atoms with van der Waals surface area (Å²) >= 11 is 0. The fourth-order valence-corrected chi connectivity index (χ4v) is 1.17. The molecule has 0 atom stereocenters. The van der Waals surface area contributed by atoms with Gasteiger partial charge in [0.1, 0.15) is 6.07 Å². The standard InChI is InChI=1S/C9H11N5O4/c1-12(2)9(15)18-5-7-11-8(14(16)17)6(4-10)13(7)3/h5H2,1-3H3. The number of hydrogen-bond donors (Lipinski definition) is 0. The third-order valence-electron chi connectivity index (χ3n) is 2.14. The molecule has 0 unspecified atom stereocenters. The van der Waals surface area contributed by atoms with Crippen LogP contribution in [0.4, 0.5) is 10.6 Å². The van der Waals surface area contributed by atoms with Gasteiger partial charge in [-0.05, 0) is 9.91 Å². The fourth-order valence-electron chi connectivity index (χ4n) is 1.17. The SMILES string of the molecule is CN(C)C(=O)OCc1nc([N+](=O)[O-])c(C#N)n1C.